The SMILES string of the molecule is CCc1cnc(CN(C)C(=O)C[C@@H]2CCC[C@H]2N)s1. The van der Waals surface area contributed by atoms with E-state index in [0.29, 0.717) is 18.9 Å². The zero-order valence-corrected chi connectivity index (χ0v) is 12.6. The van der Waals surface area contributed by atoms with Crippen LogP contribution in [0.5, 0.6) is 0 Å². The number of nitrogens with zero attached hydrogens (tertiary/aromatic N) is 2. The summed E-state index contributed by atoms with van der Waals surface area (Å²) in [5.41, 5.74) is 6.02. The molecule has 0 bridgehead atoms. The maximum Gasteiger partial charge on any atom is 0.223 e. The van der Waals surface area contributed by atoms with Gasteiger partial charge in [0.1, 0.15) is 5.01 Å². The fourth-order valence-corrected chi connectivity index (χ4v) is 3.49. The number of aryl methyl sites for hydroxylation is 1. The van der Waals surface area contributed by atoms with Crippen LogP contribution >= 0.6 is 11.3 Å². The highest BCUT2D eigenvalue weighted by molar-refractivity contribution is 7.11. The van der Waals surface area contributed by atoms with Gasteiger partial charge in [-0.2, -0.15) is 0 Å². The highest BCUT2D eigenvalue weighted by Crippen LogP contribution is 2.27. The van der Waals surface area contributed by atoms with Gasteiger partial charge in [-0.15, -0.1) is 11.3 Å². The molecule has 19 heavy (non-hydrogen) atoms. The minimum Gasteiger partial charge on any atom is -0.339 e. The summed E-state index contributed by atoms with van der Waals surface area (Å²) in [5.74, 6) is 0.563. The van der Waals surface area contributed by atoms with Gasteiger partial charge in [0.15, 0.2) is 0 Å². The maximum absolute atomic E-state index is 12.2. The van der Waals surface area contributed by atoms with Gasteiger partial charge in [-0.3, -0.25) is 4.79 Å². The van der Waals surface area contributed by atoms with Crippen molar-refractivity contribution in [1.29, 1.82) is 0 Å². The van der Waals surface area contributed by atoms with Crippen molar-refractivity contribution in [2.45, 2.75) is 51.6 Å². The molecule has 4 nitrogen and oxygen atoms in total. The molecule has 0 radical (unpaired) electrons. The van der Waals surface area contributed by atoms with Crippen molar-refractivity contribution in [3.05, 3.63) is 16.1 Å². The Morgan fingerprint density at radius 2 is 2.37 bits per heavy atom. The van der Waals surface area contributed by atoms with Crippen LogP contribution in [0.3, 0.4) is 0 Å². The van der Waals surface area contributed by atoms with Crippen molar-refractivity contribution in [3.63, 3.8) is 0 Å². The summed E-state index contributed by atoms with van der Waals surface area (Å²) in [7, 11) is 1.86. The molecule has 2 rings (SSSR count). The lowest BCUT2D eigenvalue weighted by Gasteiger charge is -2.20. The Balaban J connectivity index is 1.84. The van der Waals surface area contributed by atoms with E-state index in [4.69, 9.17) is 5.73 Å². The lowest BCUT2D eigenvalue weighted by molar-refractivity contribution is -0.131. The smallest absolute Gasteiger partial charge is 0.223 e. The molecule has 0 aliphatic heterocycles. The Bertz CT molecular complexity index is 432. The number of amides is 1. The Morgan fingerprint density at radius 3 is 2.95 bits per heavy atom. The van der Waals surface area contributed by atoms with Crippen LogP contribution in [0.15, 0.2) is 6.20 Å². The molecule has 2 N–H and O–H groups in total. The second kappa shape index (κ2) is 6.48. The zero-order chi connectivity index (χ0) is 13.8. The summed E-state index contributed by atoms with van der Waals surface area (Å²) >= 11 is 1.69. The van der Waals surface area contributed by atoms with Crippen LogP contribution in [-0.2, 0) is 17.8 Å². The van der Waals surface area contributed by atoms with E-state index in [9.17, 15) is 4.79 Å². The molecule has 1 aliphatic rings. The molecular weight excluding hydrogens is 258 g/mol. The molecular formula is C14H23N3OS. The number of hydrogen-bond donors (Lipinski definition) is 1. The van der Waals surface area contributed by atoms with Crippen LogP contribution in [0.4, 0.5) is 0 Å². The molecule has 0 saturated heterocycles. The lowest BCUT2D eigenvalue weighted by atomic mass is 9.99. The highest BCUT2D eigenvalue weighted by atomic mass is 32.1. The van der Waals surface area contributed by atoms with Crippen LogP contribution in [-0.4, -0.2) is 28.9 Å². The van der Waals surface area contributed by atoms with Crippen molar-refractivity contribution in [1.82, 2.24) is 9.88 Å². The quantitative estimate of drug-likeness (QED) is 0.900. The molecule has 1 saturated carbocycles. The standard InChI is InChI=1S/C14H23N3OS/c1-3-11-8-16-13(19-11)9-17(2)14(18)7-10-5-4-6-12(10)15/h8,10,12H,3-7,9,15H2,1-2H3/t10-,12+/m0/s1. The number of rotatable bonds is 5. The fraction of sp³-hybridized carbons (Fsp3) is 0.714. The molecule has 2 atom stereocenters. The van der Waals surface area contributed by atoms with E-state index in [1.807, 2.05) is 13.2 Å². The fourth-order valence-electron chi connectivity index (χ4n) is 2.57. The summed E-state index contributed by atoms with van der Waals surface area (Å²) in [6.45, 7) is 2.74. The monoisotopic (exact) mass is 281 g/mol. The van der Waals surface area contributed by atoms with Gasteiger partial charge in [-0.05, 0) is 25.2 Å². The number of nitrogens with two attached hydrogens (primary N) is 1. The topological polar surface area (TPSA) is 59.2 Å². The van der Waals surface area contributed by atoms with Crippen molar-refractivity contribution in [3.8, 4) is 0 Å². The van der Waals surface area contributed by atoms with Crippen molar-refractivity contribution >= 4 is 17.2 Å². The molecule has 1 heterocycles. The van der Waals surface area contributed by atoms with E-state index in [1.165, 1.54) is 4.88 Å². The van der Waals surface area contributed by atoms with Crippen LogP contribution < -0.4 is 5.73 Å². The number of carbonyl (C=O) groups is 1. The van der Waals surface area contributed by atoms with Gasteiger partial charge >= 0.3 is 0 Å². The van der Waals surface area contributed by atoms with E-state index < -0.39 is 0 Å². The summed E-state index contributed by atoms with van der Waals surface area (Å²) in [5, 5.41) is 1.02. The van der Waals surface area contributed by atoms with E-state index >= 15 is 0 Å². The van der Waals surface area contributed by atoms with Gasteiger partial charge in [-0.1, -0.05) is 13.3 Å². The van der Waals surface area contributed by atoms with Gasteiger partial charge in [0.2, 0.25) is 5.91 Å². The molecule has 1 aliphatic carbocycles. The summed E-state index contributed by atoms with van der Waals surface area (Å²) < 4.78 is 0. The highest BCUT2D eigenvalue weighted by Gasteiger charge is 2.27. The minimum absolute atomic E-state index is 0.190. The van der Waals surface area contributed by atoms with Crippen LogP contribution in [0.1, 0.15) is 42.5 Å². The first-order chi connectivity index (χ1) is 9.10. The third-order valence-corrected chi connectivity index (χ3v) is 5.03. The first-order valence-electron chi connectivity index (χ1n) is 7.03. The maximum atomic E-state index is 12.2. The first kappa shape index (κ1) is 14.5. The molecule has 5 heteroatoms. The third kappa shape index (κ3) is 3.76. The molecule has 1 aromatic heterocycles. The molecule has 0 aromatic carbocycles. The van der Waals surface area contributed by atoms with Crippen LogP contribution in [0.25, 0.3) is 0 Å². The minimum atomic E-state index is 0.190. The van der Waals surface area contributed by atoms with Gasteiger partial charge < -0.3 is 10.6 Å². The second-order valence-corrected chi connectivity index (χ2v) is 6.58. The Labute approximate surface area is 119 Å². The summed E-state index contributed by atoms with van der Waals surface area (Å²) in [6, 6.07) is 0.212. The van der Waals surface area contributed by atoms with E-state index in [2.05, 4.69) is 11.9 Å². The average molecular weight is 281 g/mol. The predicted molar refractivity (Wildman–Crippen MR) is 77.9 cm³/mol. The normalized spacial score (nSPS) is 22.7. The summed E-state index contributed by atoms with van der Waals surface area (Å²) in [6.07, 6.45) is 6.82. The molecule has 0 unspecified atom stereocenters. The average Bonchev–Trinajstić information content (AvgIpc) is 2.99. The third-order valence-electron chi connectivity index (χ3n) is 3.90. The molecule has 1 amide bonds. The largest absolute Gasteiger partial charge is 0.339 e. The van der Waals surface area contributed by atoms with E-state index in [1.54, 1.807) is 16.2 Å². The van der Waals surface area contributed by atoms with Crippen LogP contribution in [0, 0.1) is 5.92 Å². The van der Waals surface area contributed by atoms with Crippen molar-refractivity contribution in [2.24, 2.45) is 11.7 Å². The Kier molecular flexibility index (Phi) is 4.93. The van der Waals surface area contributed by atoms with Crippen molar-refractivity contribution < 1.29 is 4.79 Å². The predicted octanol–water partition coefficient (Wildman–Crippen LogP) is 2.18. The number of carbonyl (C=O) groups excluding carboxylic acids is 1. The zero-order valence-electron chi connectivity index (χ0n) is 11.8. The van der Waals surface area contributed by atoms with E-state index in [-0.39, 0.29) is 11.9 Å². The van der Waals surface area contributed by atoms with Gasteiger partial charge in [0.25, 0.3) is 0 Å². The van der Waals surface area contributed by atoms with Gasteiger partial charge in [0, 0.05) is 30.6 Å². The molecule has 1 aromatic rings. The van der Waals surface area contributed by atoms with E-state index in [0.717, 1.165) is 30.7 Å². The first-order valence-corrected chi connectivity index (χ1v) is 7.85. The number of hydrogen-bond acceptors (Lipinski definition) is 4. The molecule has 106 valence electrons. The Hall–Kier alpha value is -0.940. The van der Waals surface area contributed by atoms with Crippen molar-refractivity contribution in [2.75, 3.05) is 7.05 Å². The molecule has 1 fully saturated rings. The van der Waals surface area contributed by atoms with Gasteiger partial charge in [-0.25, -0.2) is 4.98 Å². The van der Waals surface area contributed by atoms with Crippen LogP contribution in [0.2, 0.25) is 0 Å². The second-order valence-electron chi connectivity index (χ2n) is 5.38. The molecule has 0 spiro atoms. The Morgan fingerprint density at radius 1 is 1.58 bits per heavy atom. The number of aromatic nitrogens is 1. The number of thiazole rings is 1. The summed E-state index contributed by atoms with van der Waals surface area (Å²) in [4.78, 5) is 19.6. The van der Waals surface area contributed by atoms with Gasteiger partial charge in [0.05, 0.1) is 6.54 Å². The lowest BCUT2D eigenvalue weighted by Crippen LogP contribution is -2.32.